The normalized spacial score (nSPS) is 17.1. The molecule has 0 aromatic heterocycles. The molecule has 4 nitrogen and oxygen atoms in total. The van der Waals surface area contributed by atoms with E-state index in [9.17, 15) is 4.79 Å². The van der Waals surface area contributed by atoms with Crippen LogP contribution in [-0.4, -0.2) is 29.1 Å². The first-order valence-electron chi connectivity index (χ1n) is 8.90. The molecule has 0 aliphatic carbocycles. The van der Waals surface area contributed by atoms with Crippen LogP contribution in [0.3, 0.4) is 0 Å². The molecule has 3 rings (SSSR count). The molecule has 0 bridgehead atoms. The highest BCUT2D eigenvalue weighted by atomic mass is 35.5. The van der Waals surface area contributed by atoms with Crippen molar-refractivity contribution < 1.29 is 9.53 Å². The second kappa shape index (κ2) is 9.11. The first-order chi connectivity index (χ1) is 13.1. The Bertz CT molecular complexity index is 878. The molecule has 6 heteroatoms. The van der Waals surface area contributed by atoms with Crippen molar-refractivity contribution in [2.45, 2.75) is 20.3 Å². The number of amides is 1. The molecule has 1 fully saturated rings. The van der Waals surface area contributed by atoms with E-state index in [1.165, 1.54) is 11.8 Å². The van der Waals surface area contributed by atoms with Crippen LogP contribution in [0.4, 0.5) is 5.69 Å². The van der Waals surface area contributed by atoms with Crippen molar-refractivity contribution in [2.75, 3.05) is 13.2 Å². The van der Waals surface area contributed by atoms with E-state index in [4.69, 9.17) is 16.3 Å². The van der Waals surface area contributed by atoms with Gasteiger partial charge in [0.2, 0.25) is 0 Å². The van der Waals surface area contributed by atoms with Crippen LogP contribution in [-0.2, 0) is 4.79 Å². The van der Waals surface area contributed by atoms with Crippen LogP contribution in [0, 0.1) is 0 Å². The van der Waals surface area contributed by atoms with Crippen LogP contribution in [0.2, 0.25) is 5.02 Å². The molecule has 1 amide bonds. The van der Waals surface area contributed by atoms with Gasteiger partial charge in [-0.3, -0.25) is 9.69 Å². The lowest BCUT2D eigenvalue weighted by atomic mass is 10.2. The number of thioether (sulfide) groups is 1. The number of rotatable bonds is 6. The molecule has 2 aromatic carbocycles. The second-order valence-corrected chi connectivity index (χ2v) is 7.35. The highest BCUT2D eigenvalue weighted by molar-refractivity contribution is 8.18. The number of aliphatic imine (C=N–C) groups is 1. The molecule has 0 saturated carbocycles. The Morgan fingerprint density at radius 2 is 1.89 bits per heavy atom. The molecule has 1 saturated heterocycles. The topological polar surface area (TPSA) is 41.9 Å². The number of carbonyl (C=O) groups is 1. The van der Waals surface area contributed by atoms with Crippen molar-refractivity contribution >= 4 is 46.2 Å². The molecule has 0 N–H and O–H groups in total. The van der Waals surface area contributed by atoms with Crippen LogP contribution in [0.5, 0.6) is 5.75 Å². The van der Waals surface area contributed by atoms with Gasteiger partial charge in [-0.1, -0.05) is 36.7 Å². The van der Waals surface area contributed by atoms with Gasteiger partial charge in [-0.05, 0) is 61.5 Å². The Hall–Kier alpha value is -2.24. The van der Waals surface area contributed by atoms with Crippen LogP contribution in [0.15, 0.2) is 58.4 Å². The fourth-order valence-electron chi connectivity index (χ4n) is 2.67. The van der Waals surface area contributed by atoms with E-state index in [0.717, 1.165) is 23.4 Å². The summed E-state index contributed by atoms with van der Waals surface area (Å²) in [4.78, 5) is 19.9. The Kier molecular flexibility index (Phi) is 6.58. The van der Waals surface area contributed by atoms with E-state index in [1.54, 1.807) is 17.0 Å². The molecule has 1 heterocycles. The summed E-state index contributed by atoms with van der Waals surface area (Å²) in [5.41, 5.74) is 1.66. The van der Waals surface area contributed by atoms with Crippen LogP contribution >= 0.6 is 23.4 Å². The molecule has 2 aromatic rings. The van der Waals surface area contributed by atoms with Gasteiger partial charge in [-0.25, -0.2) is 4.99 Å². The zero-order valence-electron chi connectivity index (χ0n) is 15.3. The first-order valence-corrected chi connectivity index (χ1v) is 10.1. The molecule has 1 aliphatic rings. The van der Waals surface area contributed by atoms with Crippen molar-refractivity contribution in [3.05, 3.63) is 64.0 Å². The number of hydrogen-bond acceptors (Lipinski definition) is 4. The van der Waals surface area contributed by atoms with Gasteiger partial charge in [0.05, 0.1) is 17.2 Å². The Morgan fingerprint density at radius 3 is 2.59 bits per heavy atom. The molecular formula is C21H21ClN2O2S. The summed E-state index contributed by atoms with van der Waals surface area (Å²) < 4.78 is 5.67. The monoisotopic (exact) mass is 400 g/mol. The first kappa shape index (κ1) is 19.5. The van der Waals surface area contributed by atoms with E-state index in [1.807, 2.05) is 56.3 Å². The van der Waals surface area contributed by atoms with Gasteiger partial charge < -0.3 is 4.74 Å². The summed E-state index contributed by atoms with van der Waals surface area (Å²) in [6.07, 6.45) is 2.74. The predicted molar refractivity (Wildman–Crippen MR) is 114 cm³/mol. The smallest absolute Gasteiger partial charge is 0.266 e. The predicted octanol–water partition coefficient (Wildman–Crippen LogP) is 5.75. The SMILES string of the molecule is CCCN1C(=O)/C(=C/c2ccccc2OCC)SC1=Nc1ccc(Cl)cc1. The maximum atomic E-state index is 12.9. The van der Waals surface area contributed by atoms with E-state index in [2.05, 4.69) is 4.99 Å². The number of benzene rings is 2. The van der Waals surface area contributed by atoms with Gasteiger partial charge in [0.15, 0.2) is 5.17 Å². The van der Waals surface area contributed by atoms with Gasteiger partial charge in [0.1, 0.15) is 5.75 Å². The molecule has 0 radical (unpaired) electrons. The molecule has 140 valence electrons. The summed E-state index contributed by atoms with van der Waals surface area (Å²) in [5.74, 6) is 0.742. The minimum atomic E-state index is -0.0270. The average molecular weight is 401 g/mol. The summed E-state index contributed by atoms with van der Waals surface area (Å²) >= 11 is 7.33. The van der Waals surface area contributed by atoms with Gasteiger partial charge in [0.25, 0.3) is 5.91 Å². The van der Waals surface area contributed by atoms with E-state index in [0.29, 0.717) is 28.2 Å². The quantitative estimate of drug-likeness (QED) is 0.579. The van der Waals surface area contributed by atoms with Crippen LogP contribution < -0.4 is 4.74 Å². The van der Waals surface area contributed by atoms with Crippen molar-refractivity contribution in [2.24, 2.45) is 4.99 Å². The molecule has 0 spiro atoms. The van der Waals surface area contributed by atoms with Gasteiger partial charge in [-0.15, -0.1) is 0 Å². The molecule has 0 atom stereocenters. The highest BCUT2D eigenvalue weighted by Crippen LogP contribution is 2.35. The Labute approximate surface area is 168 Å². The lowest BCUT2D eigenvalue weighted by Crippen LogP contribution is -2.29. The minimum Gasteiger partial charge on any atom is -0.493 e. The third kappa shape index (κ3) is 4.73. The Balaban J connectivity index is 1.94. The van der Waals surface area contributed by atoms with Gasteiger partial charge >= 0.3 is 0 Å². The lowest BCUT2D eigenvalue weighted by Gasteiger charge is -2.14. The average Bonchev–Trinajstić information content (AvgIpc) is 2.95. The van der Waals surface area contributed by atoms with Crippen molar-refractivity contribution in [1.29, 1.82) is 0 Å². The summed E-state index contributed by atoms with van der Waals surface area (Å²) in [5, 5.41) is 1.34. The standard InChI is InChI=1S/C21H21ClN2O2S/c1-3-13-24-20(25)19(14-15-7-5-6-8-18(15)26-4-2)27-21(24)23-17-11-9-16(22)10-12-17/h5-12,14H,3-4,13H2,1-2H3/b19-14-,23-21?. The van der Waals surface area contributed by atoms with Crippen LogP contribution in [0.1, 0.15) is 25.8 Å². The molecule has 27 heavy (non-hydrogen) atoms. The number of hydrogen-bond donors (Lipinski definition) is 0. The van der Waals surface area contributed by atoms with Crippen LogP contribution in [0.25, 0.3) is 6.08 Å². The number of nitrogens with zero attached hydrogens (tertiary/aromatic N) is 2. The minimum absolute atomic E-state index is 0.0270. The van der Waals surface area contributed by atoms with Crippen molar-refractivity contribution in [3.8, 4) is 5.75 Å². The Morgan fingerprint density at radius 1 is 1.15 bits per heavy atom. The van der Waals surface area contributed by atoms with E-state index < -0.39 is 0 Å². The van der Waals surface area contributed by atoms with Gasteiger partial charge in [0, 0.05) is 17.1 Å². The molecule has 1 aliphatic heterocycles. The zero-order chi connectivity index (χ0) is 19.2. The number of para-hydroxylation sites is 1. The third-order valence-corrected chi connectivity index (χ3v) is 5.15. The highest BCUT2D eigenvalue weighted by Gasteiger charge is 2.32. The fourth-order valence-corrected chi connectivity index (χ4v) is 3.81. The van der Waals surface area contributed by atoms with Gasteiger partial charge in [-0.2, -0.15) is 0 Å². The summed E-state index contributed by atoms with van der Waals surface area (Å²) in [7, 11) is 0. The zero-order valence-corrected chi connectivity index (χ0v) is 16.9. The summed E-state index contributed by atoms with van der Waals surface area (Å²) in [6.45, 7) is 5.19. The number of halogens is 1. The molecular weight excluding hydrogens is 380 g/mol. The van der Waals surface area contributed by atoms with E-state index >= 15 is 0 Å². The van der Waals surface area contributed by atoms with Crippen molar-refractivity contribution in [3.63, 3.8) is 0 Å². The largest absolute Gasteiger partial charge is 0.493 e. The summed E-state index contributed by atoms with van der Waals surface area (Å²) in [6, 6.07) is 15.0. The van der Waals surface area contributed by atoms with E-state index in [-0.39, 0.29) is 5.91 Å². The number of amidine groups is 1. The maximum absolute atomic E-state index is 12.9. The second-order valence-electron chi connectivity index (χ2n) is 5.91. The fraction of sp³-hybridized carbons (Fsp3) is 0.238. The van der Waals surface area contributed by atoms with Crippen molar-refractivity contribution in [1.82, 2.24) is 4.90 Å². The lowest BCUT2D eigenvalue weighted by molar-refractivity contribution is -0.122. The maximum Gasteiger partial charge on any atom is 0.266 e. The molecule has 0 unspecified atom stereocenters. The number of carbonyl (C=O) groups excluding carboxylic acids is 1. The number of ether oxygens (including phenoxy) is 1. The third-order valence-electron chi connectivity index (χ3n) is 3.89.